The van der Waals surface area contributed by atoms with Crippen LogP contribution in [0.3, 0.4) is 0 Å². The van der Waals surface area contributed by atoms with Crippen LogP contribution in [0.15, 0.2) is 48.5 Å². The molecular formula is C17H18O2. The van der Waals surface area contributed by atoms with E-state index in [0.717, 1.165) is 24.5 Å². The van der Waals surface area contributed by atoms with Crippen molar-refractivity contribution in [1.29, 1.82) is 0 Å². The van der Waals surface area contributed by atoms with Crippen molar-refractivity contribution in [3.8, 4) is 11.5 Å². The van der Waals surface area contributed by atoms with E-state index >= 15 is 0 Å². The number of rotatable bonds is 3. The lowest BCUT2D eigenvalue weighted by molar-refractivity contribution is 0.217. The highest BCUT2D eigenvalue weighted by molar-refractivity contribution is 5.38. The Morgan fingerprint density at radius 1 is 1.11 bits per heavy atom. The first-order chi connectivity index (χ1) is 9.33. The molecule has 2 heteroatoms. The summed E-state index contributed by atoms with van der Waals surface area (Å²) in [5, 5.41) is 0. The van der Waals surface area contributed by atoms with Crippen molar-refractivity contribution in [3.05, 3.63) is 59.7 Å². The van der Waals surface area contributed by atoms with Gasteiger partial charge in [-0.05, 0) is 31.5 Å². The zero-order chi connectivity index (χ0) is 13.1. The van der Waals surface area contributed by atoms with Gasteiger partial charge >= 0.3 is 0 Å². The molecule has 98 valence electrons. The minimum absolute atomic E-state index is 0.422. The summed E-state index contributed by atoms with van der Waals surface area (Å²) >= 11 is 0. The fourth-order valence-electron chi connectivity index (χ4n) is 2.42. The van der Waals surface area contributed by atoms with Gasteiger partial charge in [0, 0.05) is 11.5 Å². The average Bonchev–Trinajstić information content (AvgIpc) is 2.47. The molecule has 0 saturated heterocycles. The van der Waals surface area contributed by atoms with Gasteiger partial charge in [0.15, 0.2) is 0 Å². The lowest BCUT2D eigenvalue weighted by atomic mass is 9.94. The maximum Gasteiger partial charge on any atom is 0.122 e. The molecular weight excluding hydrogens is 236 g/mol. The number of fused-ring (bicyclic) bond motifs is 1. The van der Waals surface area contributed by atoms with Crippen molar-refractivity contribution in [3.63, 3.8) is 0 Å². The van der Waals surface area contributed by atoms with Gasteiger partial charge in [-0.1, -0.05) is 35.9 Å². The van der Waals surface area contributed by atoms with Crippen LogP contribution < -0.4 is 9.47 Å². The fraction of sp³-hybridized carbons (Fsp3) is 0.294. The van der Waals surface area contributed by atoms with Crippen LogP contribution in [0, 0.1) is 6.92 Å². The molecule has 0 N–H and O–H groups in total. The normalized spacial score (nSPS) is 17.4. The first kappa shape index (κ1) is 12.1. The monoisotopic (exact) mass is 254 g/mol. The van der Waals surface area contributed by atoms with Crippen molar-refractivity contribution in [1.82, 2.24) is 0 Å². The predicted octanol–water partition coefficient (Wildman–Crippen LogP) is 3.94. The number of hydrogen-bond acceptors (Lipinski definition) is 2. The highest BCUT2D eigenvalue weighted by Gasteiger charge is 2.21. The third-order valence-corrected chi connectivity index (χ3v) is 3.55. The molecule has 1 unspecified atom stereocenters. The molecule has 0 radical (unpaired) electrons. The topological polar surface area (TPSA) is 18.5 Å². The molecule has 0 fully saturated rings. The van der Waals surface area contributed by atoms with Gasteiger partial charge in [-0.2, -0.15) is 0 Å². The Balaban J connectivity index is 1.69. The minimum atomic E-state index is 0.422. The molecule has 1 heterocycles. The van der Waals surface area contributed by atoms with Crippen LogP contribution in [-0.2, 0) is 0 Å². The molecule has 0 amide bonds. The smallest absolute Gasteiger partial charge is 0.122 e. The molecule has 1 aliphatic heterocycles. The summed E-state index contributed by atoms with van der Waals surface area (Å²) in [6.07, 6.45) is 1.02. The van der Waals surface area contributed by atoms with Gasteiger partial charge in [0.2, 0.25) is 0 Å². The van der Waals surface area contributed by atoms with Gasteiger partial charge in [0.1, 0.15) is 11.5 Å². The summed E-state index contributed by atoms with van der Waals surface area (Å²) in [6.45, 7) is 3.57. The van der Waals surface area contributed by atoms with Crippen molar-refractivity contribution >= 4 is 0 Å². The van der Waals surface area contributed by atoms with E-state index in [4.69, 9.17) is 9.47 Å². The molecule has 2 aromatic carbocycles. The largest absolute Gasteiger partial charge is 0.493 e. The molecule has 0 aromatic heterocycles. The number of hydrogen-bond donors (Lipinski definition) is 0. The predicted molar refractivity (Wildman–Crippen MR) is 76.0 cm³/mol. The summed E-state index contributed by atoms with van der Waals surface area (Å²) in [7, 11) is 0. The van der Waals surface area contributed by atoms with Crippen molar-refractivity contribution in [2.45, 2.75) is 19.3 Å². The van der Waals surface area contributed by atoms with Gasteiger partial charge in [-0.25, -0.2) is 0 Å². The summed E-state index contributed by atoms with van der Waals surface area (Å²) in [4.78, 5) is 0. The Morgan fingerprint density at radius 2 is 1.89 bits per heavy atom. The Morgan fingerprint density at radius 3 is 2.74 bits per heavy atom. The van der Waals surface area contributed by atoms with Crippen LogP contribution in [0.25, 0.3) is 0 Å². The Bertz CT molecular complexity index is 545. The summed E-state index contributed by atoms with van der Waals surface area (Å²) in [5.41, 5.74) is 2.52. The number of ether oxygens (including phenoxy) is 2. The molecule has 3 rings (SSSR count). The van der Waals surface area contributed by atoms with E-state index in [2.05, 4.69) is 31.2 Å². The molecule has 1 aliphatic rings. The Kier molecular flexibility index (Phi) is 3.41. The minimum Gasteiger partial charge on any atom is -0.493 e. The molecule has 0 saturated carbocycles. The Hall–Kier alpha value is -1.96. The summed E-state index contributed by atoms with van der Waals surface area (Å²) < 4.78 is 11.6. The van der Waals surface area contributed by atoms with E-state index in [0.29, 0.717) is 12.5 Å². The second-order valence-corrected chi connectivity index (χ2v) is 5.00. The molecule has 1 atom stereocenters. The maximum atomic E-state index is 5.90. The van der Waals surface area contributed by atoms with Crippen LogP contribution in [-0.4, -0.2) is 13.2 Å². The molecule has 0 aliphatic carbocycles. The second-order valence-electron chi connectivity index (χ2n) is 5.00. The van der Waals surface area contributed by atoms with Crippen LogP contribution in [0.4, 0.5) is 0 Å². The highest BCUT2D eigenvalue weighted by Crippen LogP contribution is 2.33. The van der Waals surface area contributed by atoms with E-state index in [1.807, 2.05) is 24.3 Å². The van der Waals surface area contributed by atoms with E-state index in [1.165, 1.54) is 11.1 Å². The molecule has 0 bridgehead atoms. The van der Waals surface area contributed by atoms with E-state index in [-0.39, 0.29) is 0 Å². The van der Waals surface area contributed by atoms with Gasteiger partial charge in [-0.3, -0.25) is 0 Å². The van der Waals surface area contributed by atoms with Crippen molar-refractivity contribution < 1.29 is 9.47 Å². The van der Waals surface area contributed by atoms with Crippen molar-refractivity contribution in [2.24, 2.45) is 0 Å². The third-order valence-electron chi connectivity index (χ3n) is 3.55. The van der Waals surface area contributed by atoms with E-state index in [1.54, 1.807) is 0 Å². The highest BCUT2D eigenvalue weighted by atomic mass is 16.5. The van der Waals surface area contributed by atoms with Gasteiger partial charge in [0.05, 0.1) is 13.2 Å². The van der Waals surface area contributed by atoms with Crippen LogP contribution in [0.5, 0.6) is 11.5 Å². The standard InChI is InChI=1S/C17H18O2/c1-13-6-8-15(9-7-13)19-12-14-10-11-18-17-5-3-2-4-16(14)17/h2-9,14H,10-12H2,1H3. The third kappa shape index (κ3) is 2.73. The van der Waals surface area contributed by atoms with Gasteiger partial charge < -0.3 is 9.47 Å². The number of para-hydroxylation sites is 1. The van der Waals surface area contributed by atoms with Gasteiger partial charge in [-0.15, -0.1) is 0 Å². The zero-order valence-corrected chi connectivity index (χ0v) is 11.1. The van der Waals surface area contributed by atoms with Crippen LogP contribution in [0.1, 0.15) is 23.5 Å². The lowest BCUT2D eigenvalue weighted by Gasteiger charge is -2.25. The summed E-state index contributed by atoms with van der Waals surface area (Å²) in [5.74, 6) is 2.37. The van der Waals surface area contributed by atoms with Gasteiger partial charge in [0.25, 0.3) is 0 Å². The maximum absolute atomic E-state index is 5.90. The lowest BCUT2D eigenvalue weighted by Crippen LogP contribution is -2.19. The SMILES string of the molecule is Cc1ccc(OCC2CCOc3ccccc32)cc1. The first-order valence-electron chi connectivity index (χ1n) is 6.74. The quantitative estimate of drug-likeness (QED) is 0.826. The molecule has 2 aromatic rings. The van der Waals surface area contributed by atoms with E-state index < -0.39 is 0 Å². The molecule has 0 spiro atoms. The zero-order valence-electron chi connectivity index (χ0n) is 11.1. The number of benzene rings is 2. The fourth-order valence-corrected chi connectivity index (χ4v) is 2.42. The average molecular weight is 254 g/mol. The van der Waals surface area contributed by atoms with Crippen molar-refractivity contribution in [2.75, 3.05) is 13.2 Å². The Labute approximate surface area is 114 Å². The van der Waals surface area contributed by atoms with Crippen LogP contribution >= 0.6 is 0 Å². The first-order valence-corrected chi connectivity index (χ1v) is 6.74. The number of aryl methyl sites for hydroxylation is 1. The molecule has 2 nitrogen and oxygen atoms in total. The second kappa shape index (κ2) is 5.35. The van der Waals surface area contributed by atoms with E-state index in [9.17, 15) is 0 Å². The summed E-state index contributed by atoms with van der Waals surface area (Å²) in [6, 6.07) is 16.5. The molecule has 19 heavy (non-hydrogen) atoms. The van der Waals surface area contributed by atoms with Crippen LogP contribution in [0.2, 0.25) is 0 Å².